The molecule has 1 aliphatic rings. The first-order valence-electron chi connectivity index (χ1n) is 9.78. The first kappa shape index (κ1) is 21.7. The number of carboxylic acid groups (broad SMARTS) is 1. The van der Waals surface area contributed by atoms with Crippen molar-refractivity contribution >= 4 is 17.9 Å². The van der Waals surface area contributed by atoms with Gasteiger partial charge in [0.25, 0.3) is 0 Å². The number of urea groups is 1. The Morgan fingerprint density at radius 3 is 2.29 bits per heavy atom. The number of carbonyl (C=O) groups is 3. The zero-order valence-corrected chi connectivity index (χ0v) is 17.1. The number of rotatable bonds is 7. The van der Waals surface area contributed by atoms with Crippen LogP contribution in [0.5, 0.6) is 0 Å². The third-order valence-electron chi connectivity index (χ3n) is 4.87. The van der Waals surface area contributed by atoms with Crippen LogP contribution >= 0.6 is 0 Å². The molecule has 0 spiro atoms. The van der Waals surface area contributed by atoms with Gasteiger partial charge in [0.15, 0.2) is 0 Å². The van der Waals surface area contributed by atoms with Crippen molar-refractivity contribution in [3.63, 3.8) is 0 Å². The van der Waals surface area contributed by atoms with Crippen molar-refractivity contribution in [2.75, 3.05) is 13.1 Å². The lowest BCUT2D eigenvalue weighted by Gasteiger charge is -2.35. The number of benzene rings is 1. The normalized spacial score (nSPS) is 15.6. The number of amides is 3. The lowest BCUT2D eigenvalue weighted by molar-refractivity contribution is -0.149. The van der Waals surface area contributed by atoms with Gasteiger partial charge in [-0.05, 0) is 30.7 Å². The highest BCUT2D eigenvalue weighted by Crippen LogP contribution is 2.27. The van der Waals surface area contributed by atoms with E-state index in [-0.39, 0.29) is 11.8 Å². The fourth-order valence-corrected chi connectivity index (χ4v) is 3.48. The molecule has 3 amide bonds. The van der Waals surface area contributed by atoms with Crippen molar-refractivity contribution < 1.29 is 19.5 Å². The maximum absolute atomic E-state index is 13.2. The molecule has 2 N–H and O–H groups in total. The van der Waals surface area contributed by atoms with Crippen molar-refractivity contribution in [2.24, 2.45) is 11.3 Å². The Kier molecular flexibility index (Phi) is 7.05. The van der Waals surface area contributed by atoms with Gasteiger partial charge in [0, 0.05) is 18.5 Å². The summed E-state index contributed by atoms with van der Waals surface area (Å²) in [6, 6.07) is 8.26. The quantitative estimate of drug-likeness (QED) is 0.750. The molecule has 1 aromatic carbocycles. The Morgan fingerprint density at radius 2 is 1.71 bits per heavy atom. The minimum Gasteiger partial charge on any atom is -0.480 e. The number of aliphatic carboxylic acids is 1. The lowest BCUT2D eigenvalue weighted by Crippen LogP contribution is -2.55. The van der Waals surface area contributed by atoms with E-state index in [0.29, 0.717) is 32.4 Å². The minimum absolute atomic E-state index is 0.127. The summed E-state index contributed by atoms with van der Waals surface area (Å²) < 4.78 is 0. The van der Waals surface area contributed by atoms with Gasteiger partial charge in [0.1, 0.15) is 6.04 Å². The van der Waals surface area contributed by atoms with Crippen molar-refractivity contribution in [1.82, 2.24) is 15.3 Å². The fourth-order valence-electron chi connectivity index (χ4n) is 3.48. The van der Waals surface area contributed by atoms with Gasteiger partial charge in [0.2, 0.25) is 5.91 Å². The number of nitrogens with zero attached hydrogens (tertiary/aromatic N) is 2. The molecule has 0 bridgehead atoms. The molecule has 7 nitrogen and oxygen atoms in total. The van der Waals surface area contributed by atoms with E-state index >= 15 is 0 Å². The minimum atomic E-state index is -1.07. The topological polar surface area (TPSA) is 90.0 Å². The summed E-state index contributed by atoms with van der Waals surface area (Å²) in [5, 5.41) is 14.8. The van der Waals surface area contributed by atoms with Crippen LogP contribution in [0.3, 0.4) is 0 Å². The van der Waals surface area contributed by atoms with E-state index in [2.05, 4.69) is 5.32 Å². The predicted octanol–water partition coefficient (Wildman–Crippen LogP) is 2.91. The summed E-state index contributed by atoms with van der Waals surface area (Å²) in [6.07, 6.45) is 1.56. The molecule has 2 rings (SSSR count). The van der Waals surface area contributed by atoms with E-state index < -0.39 is 23.5 Å². The van der Waals surface area contributed by atoms with Crippen LogP contribution < -0.4 is 5.32 Å². The zero-order chi connectivity index (χ0) is 20.9. The SMILES string of the molecule is CC(C)C[C@H](NC(=O)N1CCCN1C(=O)C(C)(C)Cc1ccccc1)C(=O)O. The zero-order valence-electron chi connectivity index (χ0n) is 17.1. The predicted molar refractivity (Wildman–Crippen MR) is 106 cm³/mol. The van der Waals surface area contributed by atoms with Crippen molar-refractivity contribution in [2.45, 2.75) is 53.0 Å². The third kappa shape index (κ3) is 5.47. The molecule has 7 heteroatoms. The van der Waals surface area contributed by atoms with Gasteiger partial charge in [0.05, 0.1) is 0 Å². The summed E-state index contributed by atoms with van der Waals surface area (Å²) in [5.74, 6) is -1.08. The Hall–Kier alpha value is -2.57. The average molecular weight is 389 g/mol. The first-order valence-corrected chi connectivity index (χ1v) is 9.78. The molecule has 1 saturated heterocycles. The number of hydrogen-bond donors (Lipinski definition) is 2. The number of carbonyl (C=O) groups excluding carboxylic acids is 2. The maximum Gasteiger partial charge on any atom is 0.337 e. The molecular formula is C21H31N3O4. The van der Waals surface area contributed by atoms with Crippen LogP contribution in [0.2, 0.25) is 0 Å². The molecule has 0 aromatic heterocycles. The summed E-state index contributed by atoms with van der Waals surface area (Å²) in [7, 11) is 0. The summed E-state index contributed by atoms with van der Waals surface area (Å²) in [4.78, 5) is 37.3. The lowest BCUT2D eigenvalue weighted by atomic mass is 9.84. The number of carboxylic acids is 1. The molecule has 1 aromatic rings. The molecule has 28 heavy (non-hydrogen) atoms. The molecule has 1 aliphatic heterocycles. The average Bonchev–Trinajstić information content (AvgIpc) is 3.10. The Balaban J connectivity index is 2.08. The molecule has 0 unspecified atom stereocenters. The van der Waals surface area contributed by atoms with Gasteiger partial charge < -0.3 is 10.4 Å². The molecule has 154 valence electrons. The van der Waals surface area contributed by atoms with E-state index in [1.54, 1.807) is 0 Å². The van der Waals surface area contributed by atoms with Gasteiger partial charge in [-0.25, -0.2) is 19.6 Å². The van der Waals surface area contributed by atoms with E-state index in [0.717, 1.165) is 5.56 Å². The largest absolute Gasteiger partial charge is 0.480 e. The van der Waals surface area contributed by atoms with Crippen LogP contribution in [-0.4, -0.2) is 52.2 Å². The monoisotopic (exact) mass is 389 g/mol. The van der Waals surface area contributed by atoms with Crippen molar-refractivity contribution in [3.8, 4) is 0 Å². The van der Waals surface area contributed by atoms with Crippen LogP contribution in [0.15, 0.2) is 30.3 Å². The smallest absolute Gasteiger partial charge is 0.337 e. The van der Waals surface area contributed by atoms with Gasteiger partial charge in [-0.15, -0.1) is 0 Å². The Morgan fingerprint density at radius 1 is 1.11 bits per heavy atom. The highest BCUT2D eigenvalue weighted by molar-refractivity contribution is 5.87. The molecule has 0 radical (unpaired) electrons. The van der Waals surface area contributed by atoms with Crippen LogP contribution in [0.4, 0.5) is 4.79 Å². The van der Waals surface area contributed by atoms with E-state index in [1.807, 2.05) is 58.0 Å². The van der Waals surface area contributed by atoms with Gasteiger partial charge in [-0.1, -0.05) is 58.0 Å². The highest BCUT2D eigenvalue weighted by Gasteiger charge is 2.39. The maximum atomic E-state index is 13.2. The van der Waals surface area contributed by atoms with Crippen LogP contribution in [0.1, 0.15) is 46.1 Å². The summed E-state index contributed by atoms with van der Waals surface area (Å²) in [6.45, 7) is 8.39. The molecular weight excluding hydrogens is 358 g/mol. The second-order valence-corrected chi connectivity index (χ2v) is 8.42. The van der Waals surface area contributed by atoms with E-state index in [1.165, 1.54) is 10.0 Å². The molecule has 1 fully saturated rings. The number of hydrogen-bond acceptors (Lipinski definition) is 3. The van der Waals surface area contributed by atoms with Gasteiger partial charge in [-0.3, -0.25) is 4.79 Å². The Bertz CT molecular complexity index is 703. The molecule has 1 heterocycles. The van der Waals surface area contributed by atoms with E-state index in [4.69, 9.17) is 0 Å². The fraction of sp³-hybridized carbons (Fsp3) is 0.571. The molecule has 0 aliphatic carbocycles. The van der Waals surface area contributed by atoms with Crippen LogP contribution in [-0.2, 0) is 16.0 Å². The highest BCUT2D eigenvalue weighted by atomic mass is 16.4. The number of hydrazine groups is 1. The molecule has 1 atom stereocenters. The van der Waals surface area contributed by atoms with Gasteiger partial charge >= 0.3 is 12.0 Å². The second-order valence-electron chi connectivity index (χ2n) is 8.42. The van der Waals surface area contributed by atoms with Crippen molar-refractivity contribution in [3.05, 3.63) is 35.9 Å². The Labute approximate surface area is 166 Å². The van der Waals surface area contributed by atoms with Crippen molar-refractivity contribution in [1.29, 1.82) is 0 Å². The number of nitrogens with one attached hydrogen (secondary N) is 1. The third-order valence-corrected chi connectivity index (χ3v) is 4.87. The second kappa shape index (κ2) is 9.08. The van der Waals surface area contributed by atoms with E-state index in [9.17, 15) is 19.5 Å². The molecule has 0 saturated carbocycles. The summed E-state index contributed by atoms with van der Waals surface area (Å²) in [5.41, 5.74) is 0.368. The van der Waals surface area contributed by atoms with Gasteiger partial charge in [-0.2, -0.15) is 0 Å². The standard InChI is InChI=1S/C21H31N3O4/c1-15(2)13-17(18(25)26)22-20(28)24-12-8-11-23(24)19(27)21(3,4)14-16-9-6-5-7-10-16/h5-7,9-10,15,17H,8,11-14H2,1-4H3,(H,22,28)(H,25,26)/t17-/m0/s1. The van der Waals surface area contributed by atoms with Crippen LogP contribution in [0.25, 0.3) is 0 Å². The van der Waals surface area contributed by atoms with Crippen LogP contribution in [0, 0.1) is 11.3 Å². The summed E-state index contributed by atoms with van der Waals surface area (Å²) >= 11 is 0. The first-order chi connectivity index (χ1) is 13.1.